The monoisotopic (exact) mass is 331 g/mol. The highest BCUT2D eigenvalue weighted by molar-refractivity contribution is 5.79. The lowest BCUT2D eigenvalue weighted by molar-refractivity contribution is -0.142. The molecule has 1 aromatic heterocycles. The molecule has 2 N–H and O–H groups in total. The summed E-state index contributed by atoms with van der Waals surface area (Å²) < 4.78 is 75.2. The molecule has 0 bridgehead atoms. The van der Waals surface area contributed by atoms with Gasteiger partial charge in [0, 0.05) is 38.9 Å². The maximum Gasteiger partial charge on any atom is 0.435 e. The van der Waals surface area contributed by atoms with Crippen molar-refractivity contribution in [2.24, 2.45) is 12.0 Å². The quantitative estimate of drug-likeness (QED) is 0.504. The third kappa shape index (κ3) is 5.82. The van der Waals surface area contributed by atoms with Crippen molar-refractivity contribution in [1.29, 1.82) is 0 Å². The molecule has 0 spiro atoms. The van der Waals surface area contributed by atoms with E-state index in [9.17, 15) is 26.3 Å². The molecule has 1 rings (SSSR count). The zero-order valence-electron chi connectivity index (χ0n) is 11.8. The molecule has 1 heterocycles. The second kappa shape index (κ2) is 6.88. The topological polar surface area (TPSA) is 54.2 Å². The van der Waals surface area contributed by atoms with E-state index in [-0.39, 0.29) is 18.1 Å². The van der Waals surface area contributed by atoms with Crippen molar-refractivity contribution in [3.63, 3.8) is 0 Å². The standard InChI is InChI=1S/C11H15F6N5/c1-18-9(19-4-3-10(12,13)14)20-5-7-6-22(2)21-8(7)11(15,16)17/h6H,3-5H2,1-2H3,(H2,18,19,20). The number of nitrogens with zero attached hydrogens (tertiary/aromatic N) is 3. The van der Waals surface area contributed by atoms with Crippen molar-refractivity contribution in [3.8, 4) is 0 Å². The van der Waals surface area contributed by atoms with E-state index in [4.69, 9.17) is 0 Å². The van der Waals surface area contributed by atoms with E-state index in [1.54, 1.807) is 0 Å². The Hall–Kier alpha value is -1.94. The fourth-order valence-corrected chi connectivity index (χ4v) is 1.63. The van der Waals surface area contributed by atoms with E-state index < -0.39 is 31.0 Å². The lowest BCUT2D eigenvalue weighted by Crippen LogP contribution is -2.38. The fourth-order valence-electron chi connectivity index (χ4n) is 1.63. The van der Waals surface area contributed by atoms with Crippen molar-refractivity contribution in [3.05, 3.63) is 17.5 Å². The van der Waals surface area contributed by atoms with Gasteiger partial charge in [0.05, 0.1) is 6.42 Å². The van der Waals surface area contributed by atoms with Gasteiger partial charge in [-0.15, -0.1) is 0 Å². The van der Waals surface area contributed by atoms with Gasteiger partial charge in [-0.2, -0.15) is 31.4 Å². The molecule has 0 saturated heterocycles. The van der Waals surface area contributed by atoms with Gasteiger partial charge in [-0.25, -0.2) is 0 Å². The second-order valence-corrected chi connectivity index (χ2v) is 4.39. The van der Waals surface area contributed by atoms with E-state index in [0.717, 1.165) is 4.68 Å². The van der Waals surface area contributed by atoms with Gasteiger partial charge in [0.25, 0.3) is 0 Å². The number of nitrogens with one attached hydrogen (secondary N) is 2. The van der Waals surface area contributed by atoms with Crippen LogP contribution in [0.1, 0.15) is 17.7 Å². The zero-order valence-corrected chi connectivity index (χ0v) is 11.8. The first-order chi connectivity index (χ1) is 10.0. The number of alkyl halides is 6. The SMILES string of the molecule is CN=C(NCCC(F)(F)F)NCc1cn(C)nc1C(F)(F)F. The average Bonchev–Trinajstić information content (AvgIpc) is 2.73. The summed E-state index contributed by atoms with van der Waals surface area (Å²) in [6.45, 7) is -0.698. The second-order valence-electron chi connectivity index (χ2n) is 4.39. The van der Waals surface area contributed by atoms with Gasteiger partial charge in [-0.1, -0.05) is 0 Å². The van der Waals surface area contributed by atoms with Crippen LogP contribution in [0.5, 0.6) is 0 Å². The van der Waals surface area contributed by atoms with Crippen molar-refractivity contribution in [1.82, 2.24) is 20.4 Å². The minimum Gasteiger partial charge on any atom is -0.356 e. The number of aromatic nitrogens is 2. The maximum atomic E-state index is 12.7. The molecule has 126 valence electrons. The van der Waals surface area contributed by atoms with Crippen LogP contribution in [0.4, 0.5) is 26.3 Å². The van der Waals surface area contributed by atoms with E-state index in [1.807, 2.05) is 0 Å². The summed E-state index contributed by atoms with van der Waals surface area (Å²) in [7, 11) is 2.64. The van der Waals surface area contributed by atoms with Crippen LogP contribution < -0.4 is 10.6 Å². The summed E-state index contributed by atoms with van der Waals surface area (Å²) >= 11 is 0. The number of rotatable bonds is 4. The van der Waals surface area contributed by atoms with Crippen LogP contribution >= 0.6 is 0 Å². The van der Waals surface area contributed by atoms with Crippen LogP contribution in [0.25, 0.3) is 0 Å². The van der Waals surface area contributed by atoms with Crippen molar-refractivity contribution in [2.45, 2.75) is 25.3 Å². The number of hydrogen-bond donors (Lipinski definition) is 2. The lowest BCUT2D eigenvalue weighted by atomic mass is 10.2. The van der Waals surface area contributed by atoms with E-state index in [1.165, 1.54) is 20.3 Å². The summed E-state index contributed by atoms with van der Waals surface area (Å²) in [5.41, 5.74) is -1.18. The Kier molecular flexibility index (Phi) is 5.66. The van der Waals surface area contributed by atoms with Gasteiger partial charge in [0.1, 0.15) is 0 Å². The third-order valence-corrected chi connectivity index (χ3v) is 2.54. The van der Waals surface area contributed by atoms with Crippen LogP contribution in [0.2, 0.25) is 0 Å². The molecule has 11 heteroatoms. The molecule has 0 radical (unpaired) electrons. The maximum absolute atomic E-state index is 12.7. The number of guanidine groups is 1. The molecule has 0 saturated carbocycles. The van der Waals surface area contributed by atoms with Crippen molar-refractivity contribution >= 4 is 5.96 Å². The number of aryl methyl sites for hydroxylation is 1. The normalized spacial score (nSPS) is 13.4. The van der Waals surface area contributed by atoms with Crippen LogP contribution in [0.3, 0.4) is 0 Å². The van der Waals surface area contributed by atoms with Crippen LogP contribution in [0, 0.1) is 0 Å². The summed E-state index contributed by atoms with van der Waals surface area (Å²) in [6, 6.07) is 0. The Morgan fingerprint density at radius 2 is 1.86 bits per heavy atom. The average molecular weight is 331 g/mol. The van der Waals surface area contributed by atoms with Crippen LogP contribution in [-0.2, 0) is 19.8 Å². The summed E-state index contributed by atoms with van der Waals surface area (Å²) in [5, 5.41) is 8.21. The molecular formula is C11H15F6N5. The van der Waals surface area contributed by atoms with Gasteiger partial charge in [-0.05, 0) is 0 Å². The predicted molar refractivity (Wildman–Crippen MR) is 67.1 cm³/mol. The molecule has 0 unspecified atom stereocenters. The number of hydrogen-bond acceptors (Lipinski definition) is 2. The molecule has 0 aromatic carbocycles. The fraction of sp³-hybridized carbons (Fsp3) is 0.636. The van der Waals surface area contributed by atoms with E-state index in [2.05, 4.69) is 20.7 Å². The molecule has 0 aliphatic rings. The zero-order chi connectivity index (χ0) is 17.0. The van der Waals surface area contributed by atoms with Gasteiger partial charge >= 0.3 is 12.4 Å². The van der Waals surface area contributed by atoms with Gasteiger partial charge in [-0.3, -0.25) is 9.67 Å². The third-order valence-electron chi connectivity index (χ3n) is 2.54. The first-order valence-electron chi connectivity index (χ1n) is 6.14. The minimum absolute atomic E-state index is 0.0266. The molecule has 1 aromatic rings. The molecule has 0 aliphatic carbocycles. The molecular weight excluding hydrogens is 316 g/mol. The first kappa shape index (κ1) is 18.1. The van der Waals surface area contributed by atoms with Gasteiger partial charge in [0.15, 0.2) is 11.7 Å². The lowest BCUT2D eigenvalue weighted by Gasteiger charge is -2.13. The summed E-state index contributed by atoms with van der Waals surface area (Å²) in [6.07, 6.45) is -8.82. The molecule has 0 fully saturated rings. The number of aliphatic imine (C=N–C) groups is 1. The Bertz CT molecular complexity index is 516. The first-order valence-corrected chi connectivity index (χ1v) is 6.14. The smallest absolute Gasteiger partial charge is 0.356 e. The highest BCUT2D eigenvalue weighted by atomic mass is 19.4. The Balaban J connectivity index is 2.61. The number of halogens is 6. The van der Waals surface area contributed by atoms with Crippen molar-refractivity contribution < 1.29 is 26.3 Å². The molecule has 0 aliphatic heterocycles. The Morgan fingerprint density at radius 1 is 1.23 bits per heavy atom. The molecule has 5 nitrogen and oxygen atoms in total. The molecule has 22 heavy (non-hydrogen) atoms. The Labute approximate surface area is 122 Å². The van der Waals surface area contributed by atoms with Gasteiger partial charge < -0.3 is 10.6 Å². The highest BCUT2D eigenvalue weighted by Crippen LogP contribution is 2.30. The van der Waals surface area contributed by atoms with Gasteiger partial charge in [0.2, 0.25) is 0 Å². The molecule has 0 atom stereocenters. The highest BCUT2D eigenvalue weighted by Gasteiger charge is 2.36. The van der Waals surface area contributed by atoms with Crippen LogP contribution in [-0.4, -0.2) is 35.5 Å². The summed E-state index contributed by atoms with van der Waals surface area (Å²) in [4.78, 5) is 3.64. The predicted octanol–water partition coefficient (Wildman–Crippen LogP) is 2.06. The molecule has 0 amide bonds. The minimum atomic E-state index is -4.61. The largest absolute Gasteiger partial charge is 0.435 e. The van der Waals surface area contributed by atoms with Crippen molar-refractivity contribution in [2.75, 3.05) is 13.6 Å². The van der Waals surface area contributed by atoms with E-state index >= 15 is 0 Å². The summed E-state index contributed by atoms with van der Waals surface area (Å²) in [5.74, 6) is -0.0266. The van der Waals surface area contributed by atoms with Crippen LogP contribution in [0.15, 0.2) is 11.2 Å². The Morgan fingerprint density at radius 3 is 2.36 bits per heavy atom. The van der Waals surface area contributed by atoms with E-state index in [0.29, 0.717) is 0 Å².